The van der Waals surface area contributed by atoms with Gasteiger partial charge < -0.3 is 24.4 Å². The molecule has 0 amide bonds. The minimum absolute atomic E-state index is 0.0990. The molecule has 7 heteroatoms. The highest BCUT2D eigenvalue weighted by atomic mass is 16.6. The number of para-hydroxylation sites is 2. The molecule has 1 aromatic heterocycles. The molecule has 4 rings (SSSR count). The predicted octanol–water partition coefficient (Wildman–Crippen LogP) is 0.977. The van der Waals surface area contributed by atoms with Crippen LogP contribution in [-0.4, -0.2) is 34.5 Å². The van der Waals surface area contributed by atoms with Crippen molar-refractivity contribution >= 4 is 0 Å². The molecule has 0 spiro atoms. The molecule has 2 aromatic rings. The maximum absolute atomic E-state index is 9.53. The summed E-state index contributed by atoms with van der Waals surface area (Å²) in [6, 6.07) is 7.38. The van der Waals surface area contributed by atoms with E-state index in [-0.39, 0.29) is 18.2 Å². The number of β-amino-alcohol motifs (C(OH)–C–C–N with tert-alkyl or cyclic N) is 1. The summed E-state index contributed by atoms with van der Waals surface area (Å²) in [5.74, 6) is 2.33. The van der Waals surface area contributed by atoms with Crippen molar-refractivity contribution in [3.05, 3.63) is 36.0 Å². The van der Waals surface area contributed by atoms with E-state index in [1.165, 1.54) is 0 Å². The van der Waals surface area contributed by atoms with Gasteiger partial charge in [-0.15, -0.1) is 0 Å². The Morgan fingerprint density at radius 2 is 2.10 bits per heavy atom. The maximum atomic E-state index is 9.53. The Hall–Kier alpha value is -2.12. The van der Waals surface area contributed by atoms with Gasteiger partial charge in [0, 0.05) is 6.54 Å². The minimum atomic E-state index is -0.385. The molecule has 2 aliphatic heterocycles. The minimum Gasteiger partial charge on any atom is -0.485 e. The second-order valence-corrected chi connectivity index (χ2v) is 5.21. The quantitative estimate of drug-likeness (QED) is 0.851. The SMILES string of the molecule is O[C@H]1CN[C@H](c2nc(C3COc4ccccc4O3)no2)C1. The van der Waals surface area contributed by atoms with Crippen molar-refractivity contribution < 1.29 is 19.1 Å². The first-order valence-electron chi connectivity index (χ1n) is 6.93. The predicted molar refractivity (Wildman–Crippen MR) is 71.0 cm³/mol. The number of benzene rings is 1. The number of nitrogens with zero attached hydrogens (tertiary/aromatic N) is 2. The molecule has 7 nitrogen and oxygen atoms in total. The second kappa shape index (κ2) is 5.01. The summed E-state index contributed by atoms with van der Waals surface area (Å²) in [5, 5.41) is 16.6. The lowest BCUT2D eigenvalue weighted by atomic mass is 10.2. The Morgan fingerprint density at radius 3 is 2.90 bits per heavy atom. The summed E-state index contributed by atoms with van der Waals surface area (Å²) in [5.41, 5.74) is 0. The summed E-state index contributed by atoms with van der Waals surface area (Å²) in [4.78, 5) is 4.37. The van der Waals surface area contributed by atoms with Gasteiger partial charge in [0.05, 0.1) is 12.1 Å². The number of aliphatic hydroxyl groups is 1. The Morgan fingerprint density at radius 1 is 1.24 bits per heavy atom. The van der Waals surface area contributed by atoms with Gasteiger partial charge in [0.25, 0.3) is 0 Å². The zero-order valence-electron chi connectivity index (χ0n) is 11.2. The van der Waals surface area contributed by atoms with Crippen molar-refractivity contribution in [2.75, 3.05) is 13.2 Å². The topological polar surface area (TPSA) is 89.6 Å². The Bertz CT molecular complexity index is 645. The number of ether oxygens (including phenoxy) is 2. The first-order valence-corrected chi connectivity index (χ1v) is 6.93. The number of fused-ring (bicyclic) bond motifs is 1. The van der Waals surface area contributed by atoms with Gasteiger partial charge in [-0.3, -0.25) is 0 Å². The van der Waals surface area contributed by atoms with Gasteiger partial charge in [-0.05, 0) is 18.6 Å². The molecule has 3 atom stereocenters. The summed E-state index contributed by atoms with van der Waals surface area (Å²) >= 11 is 0. The van der Waals surface area contributed by atoms with Gasteiger partial charge in [0.15, 0.2) is 17.6 Å². The molecule has 0 bridgehead atoms. The molecule has 3 heterocycles. The standard InChI is InChI=1S/C14H15N3O4/c18-8-5-9(15-6-8)14-16-13(17-21-14)12-7-19-10-3-1-2-4-11(10)20-12/h1-4,8-9,12,15,18H,5-7H2/t8-,9+,12?/m1/s1. The molecular formula is C14H15N3O4. The highest BCUT2D eigenvalue weighted by Gasteiger charge is 2.31. The molecule has 2 aliphatic rings. The van der Waals surface area contributed by atoms with Gasteiger partial charge in [-0.25, -0.2) is 0 Å². The van der Waals surface area contributed by atoms with E-state index < -0.39 is 0 Å². The lowest BCUT2D eigenvalue weighted by molar-refractivity contribution is 0.0832. The van der Waals surface area contributed by atoms with Crippen molar-refractivity contribution in [1.29, 1.82) is 0 Å². The fourth-order valence-electron chi connectivity index (χ4n) is 2.57. The smallest absolute Gasteiger partial charge is 0.244 e. The van der Waals surface area contributed by atoms with E-state index in [9.17, 15) is 5.11 Å². The molecule has 0 radical (unpaired) electrons. The van der Waals surface area contributed by atoms with Crippen LogP contribution < -0.4 is 14.8 Å². The van der Waals surface area contributed by atoms with E-state index in [4.69, 9.17) is 14.0 Å². The third kappa shape index (κ3) is 2.34. The summed E-state index contributed by atoms with van der Waals surface area (Å²) in [6.07, 6.45) is -0.179. The third-order valence-corrected chi connectivity index (χ3v) is 3.66. The molecule has 0 saturated carbocycles. The van der Waals surface area contributed by atoms with Crippen LogP contribution in [0.3, 0.4) is 0 Å². The lowest BCUT2D eigenvalue weighted by Crippen LogP contribution is -2.22. The van der Waals surface area contributed by atoms with Crippen molar-refractivity contribution in [2.45, 2.75) is 24.7 Å². The van der Waals surface area contributed by atoms with Gasteiger partial charge in [-0.2, -0.15) is 4.98 Å². The number of hydrogen-bond donors (Lipinski definition) is 2. The first-order chi connectivity index (χ1) is 10.3. The van der Waals surface area contributed by atoms with Crippen LogP contribution in [0.25, 0.3) is 0 Å². The zero-order chi connectivity index (χ0) is 14.2. The summed E-state index contributed by atoms with van der Waals surface area (Å²) < 4.78 is 16.7. The van der Waals surface area contributed by atoms with Crippen molar-refractivity contribution in [3.8, 4) is 11.5 Å². The fourth-order valence-corrected chi connectivity index (χ4v) is 2.57. The number of aromatic nitrogens is 2. The molecule has 1 saturated heterocycles. The van der Waals surface area contributed by atoms with Crippen molar-refractivity contribution in [3.63, 3.8) is 0 Å². The average molecular weight is 289 g/mol. The largest absolute Gasteiger partial charge is 0.485 e. The van der Waals surface area contributed by atoms with Crippen LogP contribution in [0.4, 0.5) is 0 Å². The maximum Gasteiger partial charge on any atom is 0.244 e. The van der Waals surface area contributed by atoms with Crippen molar-refractivity contribution in [1.82, 2.24) is 15.5 Å². The molecular weight excluding hydrogens is 274 g/mol. The molecule has 1 unspecified atom stereocenters. The van der Waals surface area contributed by atoms with Gasteiger partial charge in [-0.1, -0.05) is 17.3 Å². The lowest BCUT2D eigenvalue weighted by Gasteiger charge is -2.24. The van der Waals surface area contributed by atoms with Crippen LogP contribution in [-0.2, 0) is 0 Å². The average Bonchev–Trinajstić information content (AvgIpc) is 3.15. The Balaban J connectivity index is 1.52. The number of nitrogens with one attached hydrogen (secondary N) is 1. The van der Waals surface area contributed by atoms with E-state index in [0.29, 0.717) is 37.0 Å². The van der Waals surface area contributed by atoms with E-state index in [0.717, 1.165) is 5.75 Å². The van der Waals surface area contributed by atoms with E-state index >= 15 is 0 Å². The highest BCUT2D eigenvalue weighted by molar-refractivity contribution is 5.40. The normalized spacial score (nSPS) is 27.8. The molecule has 1 aromatic carbocycles. The van der Waals surface area contributed by atoms with Crippen LogP contribution in [0.1, 0.15) is 30.3 Å². The second-order valence-electron chi connectivity index (χ2n) is 5.21. The monoisotopic (exact) mass is 289 g/mol. The molecule has 1 fully saturated rings. The first kappa shape index (κ1) is 12.6. The number of hydrogen-bond acceptors (Lipinski definition) is 7. The molecule has 21 heavy (non-hydrogen) atoms. The number of aliphatic hydroxyl groups excluding tert-OH is 1. The summed E-state index contributed by atoms with van der Waals surface area (Å²) in [6.45, 7) is 0.884. The Kier molecular flexibility index (Phi) is 3.01. The van der Waals surface area contributed by atoms with Crippen LogP contribution >= 0.6 is 0 Å². The molecule has 0 aliphatic carbocycles. The number of rotatable bonds is 2. The van der Waals surface area contributed by atoms with E-state index in [1.807, 2.05) is 24.3 Å². The van der Waals surface area contributed by atoms with Gasteiger partial charge in [0.1, 0.15) is 6.61 Å². The third-order valence-electron chi connectivity index (χ3n) is 3.66. The molecule has 110 valence electrons. The zero-order valence-corrected chi connectivity index (χ0v) is 11.2. The van der Waals surface area contributed by atoms with Gasteiger partial charge >= 0.3 is 0 Å². The Labute approximate surface area is 120 Å². The fraction of sp³-hybridized carbons (Fsp3) is 0.429. The highest BCUT2D eigenvalue weighted by Crippen LogP contribution is 2.35. The van der Waals surface area contributed by atoms with Crippen molar-refractivity contribution in [2.24, 2.45) is 0 Å². The molecule has 2 N–H and O–H groups in total. The van der Waals surface area contributed by atoms with E-state index in [2.05, 4.69) is 15.5 Å². The van der Waals surface area contributed by atoms with Crippen LogP contribution in [0.2, 0.25) is 0 Å². The van der Waals surface area contributed by atoms with Crippen LogP contribution in [0.5, 0.6) is 11.5 Å². The van der Waals surface area contributed by atoms with Crippen LogP contribution in [0, 0.1) is 0 Å². The van der Waals surface area contributed by atoms with E-state index in [1.54, 1.807) is 0 Å². The van der Waals surface area contributed by atoms with Crippen LogP contribution in [0.15, 0.2) is 28.8 Å². The van der Waals surface area contributed by atoms with Gasteiger partial charge in [0.2, 0.25) is 11.7 Å². The summed E-state index contributed by atoms with van der Waals surface area (Å²) in [7, 11) is 0.